The van der Waals surface area contributed by atoms with E-state index in [0.717, 1.165) is 17.7 Å². The first-order valence-electron chi connectivity index (χ1n) is 4.08. The van der Waals surface area contributed by atoms with E-state index in [0.29, 0.717) is 0 Å². The van der Waals surface area contributed by atoms with Gasteiger partial charge in [0.2, 0.25) is 0 Å². The molecule has 0 fully saturated rings. The van der Waals surface area contributed by atoms with Gasteiger partial charge in [0, 0.05) is 17.0 Å². The molecule has 1 heterocycles. The van der Waals surface area contributed by atoms with E-state index in [-0.39, 0.29) is 16.0 Å². The molecular formula is C8H12N2O2S. The zero-order chi connectivity index (χ0) is 9.84. The predicted molar refractivity (Wildman–Crippen MR) is 52.9 cm³/mol. The van der Waals surface area contributed by atoms with Crippen molar-refractivity contribution in [3.05, 3.63) is 27.1 Å². The van der Waals surface area contributed by atoms with Gasteiger partial charge in [0.15, 0.2) is 0 Å². The van der Waals surface area contributed by atoms with Crippen molar-refractivity contribution in [3.8, 4) is 0 Å². The SMILES string of the molecule is C[C@@H](N)CCc1ccc([N+](=O)[O-])s1. The maximum atomic E-state index is 10.3. The van der Waals surface area contributed by atoms with Crippen LogP contribution < -0.4 is 5.73 Å². The molecule has 0 spiro atoms. The average molecular weight is 200 g/mol. The predicted octanol–water partition coefficient (Wildman–Crippen LogP) is 1.94. The molecule has 0 unspecified atom stereocenters. The Morgan fingerprint density at radius 2 is 2.38 bits per heavy atom. The van der Waals surface area contributed by atoms with Crippen LogP contribution in [0.3, 0.4) is 0 Å². The van der Waals surface area contributed by atoms with Crippen molar-refractivity contribution in [2.24, 2.45) is 5.73 Å². The van der Waals surface area contributed by atoms with Crippen molar-refractivity contribution in [2.75, 3.05) is 0 Å². The van der Waals surface area contributed by atoms with Gasteiger partial charge in [0.05, 0.1) is 4.92 Å². The summed E-state index contributed by atoms with van der Waals surface area (Å²) in [5.41, 5.74) is 5.58. The number of rotatable bonds is 4. The van der Waals surface area contributed by atoms with E-state index in [2.05, 4.69) is 0 Å². The molecule has 1 aromatic rings. The molecule has 13 heavy (non-hydrogen) atoms. The normalized spacial score (nSPS) is 12.8. The van der Waals surface area contributed by atoms with Gasteiger partial charge in [-0.25, -0.2) is 0 Å². The van der Waals surface area contributed by atoms with Crippen molar-refractivity contribution in [1.29, 1.82) is 0 Å². The molecule has 0 saturated carbocycles. The van der Waals surface area contributed by atoms with Crippen LogP contribution in [-0.2, 0) is 6.42 Å². The Kier molecular flexibility index (Phi) is 3.39. The smallest absolute Gasteiger partial charge is 0.324 e. The highest BCUT2D eigenvalue weighted by Crippen LogP contribution is 2.24. The topological polar surface area (TPSA) is 69.2 Å². The first-order chi connectivity index (χ1) is 6.09. The van der Waals surface area contributed by atoms with Crippen LogP contribution in [0.2, 0.25) is 0 Å². The fourth-order valence-corrected chi connectivity index (χ4v) is 1.80. The number of nitrogens with zero attached hydrogens (tertiary/aromatic N) is 1. The summed E-state index contributed by atoms with van der Waals surface area (Å²) in [4.78, 5) is 11.0. The zero-order valence-corrected chi connectivity index (χ0v) is 8.21. The van der Waals surface area contributed by atoms with E-state index in [9.17, 15) is 10.1 Å². The first-order valence-corrected chi connectivity index (χ1v) is 4.90. The number of nitro groups is 1. The average Bonchev–Trinajstić information content (AvgIpc) is 2.48. The van der Waals surface area contributed by atoms with E-state index < -0.39 is 0 Å². The Morgan fingerprint density at radius 1 is 1.69 bits per heavy atom. The summed E-state index contributed by atoms with van der Waals surface area (Å²) >= 11 is 1.23. The fourth-order valence-electron chi connectivity index (χ4n) is 0.969. The molecule has 4 nitrogen and oxygen atoms in total. The van der Waals surface area contributed by atoms with Crippen LogP contribution in [0.5, 0.6) is 0 Å². The molecule has 0 aliphatic rings. The van der Waals surface area contributed by atoms with Crippen LogP contribution in [0.1, 0.15) is 18.2 Å². The molecule has 0 aromatic carbocycles. The van der Waals surface area contributed by atoms with Crippen LogP contribution in [-0.4, -0.2) is 11.0 Å². The Bertz CT molecular complexity index is 296. The summed E-state index contributed by atoms with van der Waals surface area (Å²) in [5, 5.41) is 10.6. The van der Waals surface area contributed by atoms with Crippen molar-refractivity contribution in [2.45, 2.75) is 25.8 Å². The summed E-state index contributed by atoms with van der Waals surface area (Å²) in [7, 11) is 0. The summed E-state index contributed by atoms with van der Waals surface area (Å²) in [6.07, 6.45) is 1.70. The molecule has 5 heteroatoms. The molecule has 72 valence electrons. The monoisotopic (exact) mass is 200 g/mol. The molecule has 1 atom stereocenters. The molecule has 2 N–H and O–H groups in total. The van der Waals surface area contributed by atoms with E-state index >= 15 is 0 Å². The van der Waals surface area contributed by atoms with Crippen LogP contribution in [0.15, 0.2) is 12.1 Å². The van der Waals surface area contributed by atoms with Crippen LogP contribution in [0.4, 0.5) is 5.00 Å². The second-order valence-corrected chi connectivity index (χ2v) is 4.16. The minimum Gasteiger partial charge on any atom is -0.328 e. The molecule has 0 radical (unpaired) electrons. The van der Waals surface area contributed by atoms with Gasteiger partial charge in [-0.1, -0.05) is 11.3 Å². The van der Waals surface area contributed by atoms with Crippen molar-refractivity contribution in [3.63, 3.8) is 0 Å². The molecule has 0 amide bonds. The minimum atomic E-state index is -0.361. The number of hydrogen-bond acceptors (Lipinski definition) is 4. The highest BCUT2D eigenvalue weighted by Gasteiger charge is 2.09. The van der Waals surface area contributed by atoms with Crippen molar-refractivity contribution < 1.29 is 4.92 Å². The minimum absolute atomic E-state index is 0.154. The molecular weight excluding hydrogens is 188 g/mol. The second-order valence-electron chi connectivity index (χ2n) is 3.01. The van der Waals surface area contributed by atoms with Gasteiger partial charge in [-0.05, 0) is 25.8 Å². The summed E-state index contributed by atoms with van der Waals surface area (Å²) in [6, 6.07) is 3.49. The molecule has 1 rings (SSSR count). The third-order valence-corrected chi connectivity index (χ3v) is 2.77. The number of nitrogens with two attached hydrogens (primary N) is 1. The lowest BCUT2D eigenvalue weighted by molar-refractivity contribution is -0.380. The first kappa shape index (κ1) is 10.1. The molecule has 0 aliphatic heterocycles. The highest BCUT2D eigenvalue weighted by molar-refractivity contribution is 7.15. The fraction of sp³-hybridized carbons (Fsp3) is 0.500. The summed E-state index contributed by atoms with van der Waals surface area (Å²) < 4.78 is 0. The highest BCUT2D eigenvalue weighted by atomic mass is 32.1. The lowest BCUT2D eigenvalue weighted by Crippen LogP contribution is -2.14. The van der Waals surface area contributed by atoms with Gasteiger partial charge in [-0.2, -0.15) is 0 Å². The van der Waals surface area contributed by atoms with Crippen molar-refractivity contribution >= 4 is 16.3 Å². The maximum absolute atomic E-state index is 10.3. The van der Waals surface area contributed by atoms with Crippen LogP contribution >= 0.6 is 11.3 Å². The quantitative estimate of drug-likeness (QED) is 0.596. The van der Waals surface area contributed by atoms with Gasteiger partial charge < -0.3 is 5.73 Å². The second kappa shape index (κ2) is 4.34. The van der Waals surface area contributed by atoms with Crippen LogP contribution in [0, 0.1) is 10.1 Å². The van der Waals surface area contributed by atoms with Gasteiger partial charge >= 0.3 is 5.00 Å². The van der Waals surface area contributed by atoms with Crippen LogP contribution in [0.25, 0.3) is 0 Å². The summed E-state index contributed by atoms with van der Waals surface area (Å²) in [5.74, 6) is 0. The van der Waals surface area contributed by atoms with Gasteiger partial charge in [0.25, 0.3) is 0 Å². The van der Waals surface area contributed by atoms with Crippen molar-refractivity contribution in [1.82, 2.24) is 0 Å². The Balaban J connectivity index is 2.54. The van der Waals surface area contributed by atoms with Gasteiger partial charge in [-0.3, -0.25) is 10.1 Å². The van der Waals surface area contributed by atoms with E-state index in [1.807, 2.05) is 6.92 Å². The van der Waals surface area contributed by atoms with E-state index in [1.165, 1.54) is 11.3 Å². The molecule has 1 aromatic heterocycles. The summed E-state index contributed by atoms with van der Waals surface area (Å²) in [6.45, 7) is 1.93. The zero-order valence-electron chi connectivity index (χ0n) is 7.40. The third kappa shape index (κ3) is 3.12. The lowest BCUT2D eigenvalue weighted by Gasteiger charge is -2.00. The maximum Gasteiger partial charge on any atom is 0.324 e. The Morgan fingerprint density at radius 3 is 2.85 bits per heavy atom. The molecule has 0 saturated heterocycles. The third-order valence-electron chi connectivity index (χ3n) is 1.67. The van der Waals surface area contributed by atoms with Gasteiger partial charge in [0.1, 0.15) is 0 Å². The van der Waals surface area contributed by atoms with Gasteiger partial charge in [-0.15, -0.1) is 0 Å². The number of thiophene rings is 1. The lowest BCUT2D eigenvalue weighted by atomic mass is 10.2. The number of aryl methyl sites for hydroxylation is 1. The standard InChI is InChI=1S/C8H12N2O2S/c1-6(9)2-3-7-4-5-8(13-7)10(11)12/h4-6H,2-3,9H2,1H3/t6-/m1/s1. The molecule has 0 bridgehead atoms. The molecule has 0 aliphatic carbocycles. The van der Waals surface area contributed by atoms with E-state index in [4.69, 9.17) is 5.73 Å². The van der Waals surface area contributed by atoms with E-state index in [1.54, 1.807) is 12.1 Å². The Hall–Kier alpha value is -0.940. The number of hydrogen-bond donors (Lipinski definition) is 1. The Labute approximate surface area is 80.5 Å². The largest absolute Gasteiger partial charge is 0.328 e.